The van der Waals surface area contributed by atoms with Gasteiger partial charge >= 0.3 is 0 Å². The minimum absolute atomic E-state index is 0.489. The van der Waals surface area contributed by atoms with E-state index in [2.05, 4.69) is 129 Å². The highest BCUT2D eigenvalue weighted by atomic mass is 16.4. The van der Waals surface area contributed by atoms with Crippen molar-refractivity contribution in [3.8, 4) is 22.9 Å². The van der Waals surface area contributed by atoms with E-state index in [1.165, 1.54) is 0 Å². The van der Waals surface area contributed by atoms with E-state index in [0.717, 1.165) is 45.3 Å². The minimum Gasteiger partial charge on any atom is -0.416 e. The largest absolute Gasteiger partial charge is 0.416 e. The van der Waals surface area contributed by atoms with Crippen molar-refractivity contribution in [3.63, 3.8) is 0 Å². The topological polar surface area (TPSA) is 45.4 Å². The van der Waals surface area contributed by atoms with Gasteiger partial charge in [-0.15, -0.1) is 10.2 Å². The molecule has 1 heterocycles. The van der Waals surface area contributed by atoms with Crippen LogP contribution in [0.5, 0.6) is 0 Å². The molecule has 206 valence electrons. The molecular weight excluding hydrogens is 528 g/mol. The standard InChI is InChI=1S/C38H28N4O/c1-5-13-29(14-6-1)37-39-40-38(43-37)30-21-23-34(24-22-30)42(33-19-11-4-12-20-33)36-27-25-35(26-28-36)41(31-15-7-2-8-16-31)32-17-9-3-10-18-32/h1-28H. The van der Waals surface area contributed by atoms with Gasteiger partial charge in [-0.1, -0.05) is 72.8 Å². The molecule has 0 unspecified atom stereocenters. The van der Waals surface area contributed by atoms with Gasteiger partial charge < -0.3 is 14.2 Å². The predicted octanol–water partition coefficient (Wildman–Crippen LogP) is 10.3. The maximum Gasteiger partial charge on any atom is 0.248 e. The molecule has 6 aromatic carbocycles. The smallest absolute Gasteiger partial charge is 0.248 e. The van der Waals surface area contributed by atoms with E-state index in [9.17, 15) is 0 Å². The van der Waals surface area contributed by atoms with Crippen molar-refractivity contribution in [2.75, 3.05) is 9.80 Å². The second kappa shape index (κ2) is 11.9. The van der Waals surface area contributed by atoms with Crippen molar-refractivity contribution in [2.24, 2.45) is 0 Å². The Balaban J connectivity index is 1.22. The molecule has 0 aliphatic rings. The fourth-order valence-electron chi connectivity index (χ4n) is 5.17. The number of benzene rings is 6. The molecule has 0 bridgehead atoms. The first-order valence-electron chi connectivity index (χ1n) is 14.2. The van der Waals surface area contributed by atoms with Crippen LogP contribution >= 0.6 is 0 Å². The number of anilines is 6. The molecule has 0 radical (unpaired) electrons. The van der Waals surface area contributed by atoms with E-state index < -0.39 is 0 Å². The lowest BCUT2D eigenvalue weighted by Crippen LogP contribution is -2.12. The summed E-state index contributed by atoms with van der Waals surface area (Å²) in [6, 6.07) is 57.9. The van der Waals surface area contributed by atoms with Crippen molar-refractivity contribution in [1.82, 2.24) is 10.2 Å². The lowest BCUT2D eigenvalue weighted by atomic mass is 10.1. The molecule has 0 atom stereocenters. The van der Waals surface area contributed by atoms with Crippen molar-refractivity contribution in [1.29, 1.82) is 0 Å². The minimum atomic E-state index is 0.489. The Hall–Kier alpha value is -5.94. The molecule has 5 heteroatoms. The molecule has 0 N–H and O–H groups in total. The Morgan fingerprint density at radius 3 is 0.953 bits per heavy atom. The zero-order chi connectivity index (χ0) is 28.8. The Kier molecular flexibility index (Phi) is 7.19. The van der Waals surface area contributed by atoms with Crippen LogP contribution in [0.2, 0.25) is 0 Å². The fraction of sp³-hybridized carbons (Fsp3) is 0. The normalized spacial score (nSPS) is 10.8. The molecule has 7 rings (SSSR count). The maximum absolute atomic E-state index is 5.99. The van der Waals surface area contributed by atoms with Crippen LogP contribution in [0.15, 0.2) is 174 Å². The molecule has 0 spiro atoms. The Labute approximate surface area is 250 Å². The van der Waals surface area contributed by atoms with E-state index >= 15 is 0 Å². The number of nitrogens with zero attached hydrogens (tertiary/aromatic N) is 4. The Morgan fingerprint density at radius 1 is 0.302 bits per heavy atom. The van der Waals surface area contributed by atoms with Gasteiger partial charge in [-0.05, 0) is 97.1 Å². The third kappa shape index (κ3) is 5.52. The molecule has 43 heavy (non-hydrogen) atoms. The first-order valence-corrected chi connectivity index (χ1v) is 14.2. The summed E-state index contributed by atoms with van der Waals surface area (Å²) < 4.78 is 5.99. The van der Waals surface area contributed by atoms with Crippen molar-refractivity contribution >= 4 is 34.1 Å². The van der Waals surface area contributed by atoms with Crippen LogP contribution in [-0.4, -0.2) is 10.2 Å². The number of para-hydroxylation sites is 3. The molecule has 7 aromatic rings. The average Bonchev–Trinajstić information content (AvgIpc) is 3.59. The van der Waals surface area contributed by atoms with E-state index in [1.54, 1.807) is 0 Å². The van der Waals surface area contributed by atoms with Crippen molar-refractivity contribution in [2.45, 2.75) is 0 Å². The van der Waals surface area contributed by atoms with E-state index in [4.69, 9.17) is 4.42 Å². The highest BCUT2D eigenvalue weighted by molar-refractivity contribution is 5.81. The molecular formula is C38H28N4O. The molecule has 5 nitrogen and oxygen atoms in total. The highest BCUT2D eigenvalue weighted by Crippen LogP contribution is 2.39. The van der Waals surface area contributed by atoms with Gasteiger partial charge in [-0.25, -0.2) is 0 Å². The van der Waals surface area contributed by atoms with Crippen molar-refractivity contribution < 1.29 is 4.42 Å². The zero-order valence-electron chi connectivity index (χ0n) is 23.4. The van der Waals surface area contributed by atoms with Crippen LogP contribution in [-0.2, 0) is 0 Å². The summed E-state index contributed by atoms with van der Waals surface area (Å²) in [4.78, 5) is 4.51. The van der Waals surface area contributed by atoms with Crippen LogP contribution in [0.4, 0.5) is 34.1 Å². The SMILES string of the molecule is c1ccc(-c2nnc(-c3ccc(N(c4ccccc4)c4ccc(N(c5ccccc5)c5ccccc5)cc4)cc3)o2)cc1. The van der Waals surface area contributed by atoms with Gasteiger partial charge in [0.2, 0.25) is 11.8 Å². The number of hydrogen-bond donors (Lipinski definition) is 0. The monoisotopic (exact) mass is 556 g/mol. The van der Waals surface area contributed by atoms with Gasteiger partial charge in [0.05, 0.1) is 0 Å². The molecule has 1 aromatic heterocycles. The Morgan fingerprint density at radius 2 is 0.581 bits per heavy atom. The lowest BCUT2D eigenvalue weighted by Gasteiger charge is -2.28. The average molecular weight is 557 g/mol. The summed E-state index contributed by atoms with van der Waals surface area (Å²) in [6.45, 7) is 0. The summed E-state index contributed by atoms with van der Waals surface area (Å²) in [6.07, 6.45) is 0. The molecule has 0 fully saturated rings. The summed E-state index contributed by atoms with van der Waals surface area (Å²) >= 11 is 0. The van der Waals surface area contributed by atoms with E-state index in [0.29, 0.717) is 11.8 Å². The van der Waals surface area contributed by atoms with Crippen LogP contribution in [0.3, 0.4) is 0 Å². The van der Waals surface area contributed by atoms with Crippen LogP contribution < -0.4 is 9.80 Å². The first-order chi connectivity index (χ1) is 21.3. The van der Waals surface area contributed by atoms with Gasteiger partial charge in [-0.2, -0.15) is 0 Å². The maximum atomic E-state index is 5.99. The number of aromatic nitrogens is 2. The van der Waals surface area contributed by atoms with E-state index in [-0.39, 0.29) is 0 Å². The molecule has 0 amide bonds. The fourth-order valence-corrected chi connectivity index (χ4v) is 5.17. The summed E-state index contributed by atoms with van der Waals surface area (Å²) in [5.41, 5.74) is 8.19. The lowest BCUT2D eigenvalue weighted by molar-refractivity contribution is 0.584. The van der Waals surface area contributed by atoms with Gasteiger partial charge in [0, 0.05) is 45.3 Å². The highest BCUT2D eigenvalue weighted by Gasteiger charge is 2.17. The van der Waals surface area contributed by atoms with Gasteiger partial charge in [0.25, 0.3) is 0 Å². The molecule has 0 aliphatic heterocycles. The summed E-state index contributed by atoms with van der Waals surface area (Å²) in [7, 11) is 0. The molecule has 0 aliphatic carbocycles. The van der Waals surface area contributed by atoms with Crippen LogP contribution in [0, 0.1) is 0 Å². The van der Waals surface area contributed by atoms with Gasteiger partial charge in [0.15, 0.2) is 0 Å². The number of rotatable bonds is 8. The third-order valence-corrected chi connectivity index (χ3v) is 7.23. The second-order valence-electron chi connectivity index (χ2n) is 10.0. The second-order valence-corrected chi connectivity index (χ2v) is 10.0. The predicted molar refractivity (Wildman–Crippen MR) is 175 cm³/mol. The van der Waals surface area contributed by atoms with Crippen LogP contribution in [0.1, 0.15) is 0 Å². The summed E-state index contributed by atoms with van der Waals surface area (Å²) in [5.74, 6) is 0.994. The van der Waals surface area contributed by atoms with Gasteiger partial charge in [0.1, 0.15) is 0 Å². The molecule has 0 saturated heterocycles. The van der Waals surface area contributed by atoms with Crippen LogP contribution in [0.25, 0.3) is 22.9 Å². The number of hydrogen-bond acceptors (Lipinski definition) is 5. The summed E-state index contributed by atoms with van der Waals surface area (Å²) in [5, 5.41) is 8.55. The van der Waals surface area contributed by atoms with Gasteiger partial charge in [-0.3, -0.25) is 0 Å². The van der Waals surface area contributed by atoms with E-state index in [1.807, 2.05) is 60.7 Å². The first kappa shape index (κ1) is 26.0. The zero-order valence-corrected chi connectivity index (χ0v) is 23.4. The molecule has 0 saturated carbocycles. The van der Waals surface area contributed by atoms with Crippen molar-refractivity contribution in [3.05, 3.63) is 170 Å². The quantitative estimate of drug-likeness (QED) is 0.186. The Bertz CT molecular complexity index is 1850. The third-order valence-electron chi connectivity index (χ3n) is 7.23.